The van der Waals surface area contributed by atoms with Gasteiger partial charge in [0.05, 0.1) is 12.7 Å². The molecule has 0 saturated carbocycles. The minimum Gasteiger partial charge on any atom is -0.394 e. The van der Waals surface area contributed by atoms with E-state index in [2.05, 4.69) is 10.3 Å². The number of pyridine rings is 1. The van der Waals surface area contributed by atoms with Crippen LogP contribution in [0.5, 0.6) is 0 Å². The van der Waals surface area contributed by atoms with E-state index in [9.17, 15) is 9.50 Å². The van der Waals surface area contributed by atoms with Crippen molar-refractivity contribution in [2.75, 3.05) is 37.7 Å². The zero-order valence-corrected chi connectivity index (χ0v) is 10.1. The maximum atomic E-state index is 13.9. The van der Waals surface area contributed by atoms with Crippen molar-refractivity contribution in [3.8, 4) is 0 Å². The van der Waals surface area contributed by atoms with Gasteiger partial charge >= 0.3 is 0 Å². The number of aliphatic hydroxyl groups is 2. The van der Waals surface area contributed by atoms with Crippen LogP contribution in [0.1, 0.15) is 5.56 Å². The molecule has 1 saturated heterocycles. The largest absolute Gasteiger partial charge is 0.394 e. The molecule has 0 radical (unpaired) electrons. The zero-order chi connectivity index (χ0) is 13.0. The number of halogens is 1. The molecule has 18 heavy (non-hydrogen) atoms. The predicted molar refractivity (Wildman–Crippen MR) is 66.1 cm³/mol. The molecule has 0 aliphatic carbocycles. The average Bonchev–Trinajstić information content (AvgIpc) is 2.40. The second kappa shape index (κ2) is 6.08. The Morgan fingerprint density at radius 2 is 2.17 bits per heavy atom. The quantitative estimate of drug-likeness (QED) is 0.678. The Bertz CT molecular complexity index is 397. The number of hydrogen-bond acceptors (Lipinski definition) is 5. The minimum atomic E-state index is -0.865. The normalized spacial score (nSPS) is 17.8. The number of nitrogens with zero attached hydrogens (tertiary/aromatic N) is 2. The van der Waals surface area contributed by atoms with Gasteiger partial charge in [-0.25, -0.2) is 9.37 Å². The first-order chi connectivity index (χ1) is 8.70. The number of piperazine rings is 1. The summed E-state index contributed by atoms with van der Waals surface area (Å²) in [6, 6.07) is 1.38. The van der Waals surface area contributed by atoms with Gasteiger partial charge in [0.15, 0.2) is 11.6 Å². The molecule has 2 heterocycles. The highest BCUT2D eigenvalue weighted by atomic mass is 19.1. The Morgan fingerprint density at radius 3 is 2.78 bits per heavy atom. The molecule has 1 aromatic rings. The van der Waals surface area contributed by atoms with Crippen molar-refractivity contribution in [3.05, 3.63) is 23.6 Å². The van der Waals surface area contributed by atoms with E-state index in [0.29, 0.717) is 11.4 Å². The summed E-state index contributed by atoms with van der Waals surface area (Å²) >= 11 is 0. The van der Waals surface area contributed by atoms with Crippen molar-refractivity contribution >= 4 is 5.82 Å². The maximum absolute atomic E-state index is 13.9. The molecule has 0 aromatic carbocycles. The second-order valence-corrected chi connectivity index (χ2v) is 4.43. The van der Waals surface area contributed by atoms with Crippen LogP contribution < -0.4 is 10.2 Å². The first-order valence-corrected chi connectivity index (χ1v) is 6.09. The van der Waals surface area contributed by atoms with E-state index in [1.54, 1.807) is 6.20 Å². The van der Waals surface area contributed by atoms with Gasteiger partial charge in [0.1, 0.15) is 0 Å². The van der Waals surface area contributed by atoms with E-state index in [-0.39, 0.29) is 18.8 Å². The van der Waals surface area contributed by atoms with Gasteiger partial charge in [-0.1, -0.05) is 0 Å². The van der Waals surface area contributed by atoms with Crippen molar-refractivity contribution in [2.45, 2.75) is 12.5 Å². The number of nitrogens with one attached hydrogen (secondary N) is 1. The van der Waals surface area contributed by atoms with Crippen LogP contribution in [0.15, 0.2) is 12.3 Å². The lowest BCUT2D eigenvalue weighted by atomic mass is 10.1. The molecule has 6 heteroatoms. The van der Waals surface area contributed by atoms with Crippen LogP contribution in [-0.4, -0.2) is 54.1 Å². The fourth-order valence-corrected chi connectivity index (χ4v) is 2.03. The lowest BCUT2D eigenvalue weighted by molar-refractivity contribution is 0.0954. The first kappa shape index (κ1) is 13.2. The van der Waals surface area contributed by atoms with E-state index in [1.807, 2.05) is 4.90 Å². The molecular weight excluding hydrogens is 237 g/mol. The molecule has 2 rings (SSSR count). The molecule has 3 N–H and O–H groups in total. The number of rotatable bonds is 4. The summed E-state index contributed by atoms with van der Waals surface area (Å²) < 4.78 is 13.9. The third-order valence-corrected chi connectivity index (χ3v) is 2.98. The summed E-state index contributed by atoms with van der Waals surface area (Å²) in [5.41, 5.74) is 0.591. The van der Waals surface area contributed by atoms with Crippen molar-refractivity contribution in [3.63, 3.8) is 0 Å². The van der Waals surface area contributed by atoms with E-state index in [1.165, 1.54) is 6.07 Å². The monoisotopic (exact) mass is 255 g/mol. The number of aromatic nitrogens is 1. The minimum absolute atomic E-state index is 0.211. The lowest BCUT2D eigenvalue weighted by Gasteiger charge is -2.28. The lowest BCUT2D eigenvalue weighted by Crippen LogP contribution is -2.44. The van der Waals surface area contributed by atoms with Crippen LogP contribution >= 0.6 is 0 Å². The summed E-state index contributed by atoms with van der Waals surface area (Å²) in [6.45, 7) is 2.80. The molecule has 1 fully saturated rings. The summed E-state index contributed by atoms with van der Waals surface area (Å²) in [5.74, 6) is -0.0155. The highest BCUT2D eigenvalue weighted by Gasteiger charge is 2.16. The summed E-state index contributed by atoms with van der Waals surface area (Å²) in [7, 11) is 0. The first-order valence-electron chi connectivity index (χ1n) is 6.09. The molecular formula is C12H18FN3O2. The molecule has 100 valence electrons. The Balaban J connectivity index is 2.09. The highest BCUT2D eigenvalue weighted by molar-refractivity contribution is 5.41. The van der Waals surface area contributed by atoms with Gasteiger partial charge in [-0.3, -0.25) is 0 Å². The highest BCUT2D eigenvalue weighted by Crippen LogP contribution is 2.18. The molecule has 0 spiro atoms. The molecule has 0 amide bonds. The third-order valence-electron chi connectivity index (χ3n) is 2.98. The van der Waals surface area contributed by atoms with Gasteiger partial charge in [0.25, 0.3) is 0 Å². The van der Waals surface area contributed by atoms with Crippen molar-refractivity contribution < 1.29 is 14.6 Å². The van der Waals surface area contributed by atoms with Gasteiger partial charge in [-0.05, 0) is 11.6 Å². The fourth-order valence-electron chi connectivity index (χ4n) is 2.03. The van der Waals surface area contributed by atoms with Crippen molar-refractivity contribution in [2.24, 2.45) is 0 Å². The number of aliphatic hydroxyl groups excluding tert-OH is 2. The zero-order valence-electron chi connectivity index (χ0n) is 10.1. The standard InChI is InChI=1S/C12H18FN3O2/c13-11-6-9(5-10(18)8-17)7-15-12(11)16-3-1-14-2-4-16/h6-7,10,14,17-18H,1-5,8H2/t10-/m0/s1. The topological polar surface area (TPSA) is 68.6 Å². The van der Waals surface area contributed by atoms with E-state index in [0.717, 1.165) is 26.2 Å². The van der Waals surface area contributed by atoms with Crippen molar-refractivity contribution in [1.29, 1.82) is 0 Å². The second-order valence-electron chi connectivity index (χ2n) is 4.43. The van der Waals surface area contributed by atoms with Crippen LogP contribution in [0.4, 0.5) is 10.2 Å². The number of anilines is 1. The van der Waals surface area contributed by atoms with Gasteiger partial charge in [0.2, 0.25) is 0 Å². The van der Waals surface area contributed by atoms with Gasteiger partial charge in [0, 0.05) is 38.8 Å². The molecule has 1 atom stereocenters. The number of hydrogen-bond donors (Lipinski definition) is 3. The van der Waals surface area contributed by atoms with E-state index < -0.39 is 6.10 Å². The Morgan fingerprint density at radius 1 is 1.44 bits per heavy atom. The van der Waals surface area contributed by atoms with Gasteiger partial charge in [-0.15, -0.1) is 0 Å². The smallest absolute Gasteiger partial charge is 0.165 e. The van der Waals surface area contributed by atoms with Crippen LogP contribution in [0.2, 0.25) is 0 Å². The Hall–Kier alpha value is -1.24. The Kier molecular flexibility index (Phi) is 4.46. The molecule has 1 aliphatic heterocycles. The molecule has 1 aliphatic rings. The summed E-state index contributed by atoms with van der Waals surface area (Å²) in [5, 5.41) is 21.2. The van der Waals surface area contributed by atoms with Gasteiger partial charge in [-0.2, -0.15) is 0 Å². The molecule has 0 bridgehead atoms. The van der Waals surface area contributed by atoms with Crippen molar-refractivity contribution in [1.82, 2.24) is 10.3 Å². The summed E-state index contributed by atoms with van der Waals surface area (Å²) in [4.78, 5) is 6.02. The third kappa shape index (κ3) is 3.16. The average molecular weight is 255 g/mol. The molecule has 5 nitrogen and oxygen atoms in total. The van der Waals surface area contributed by atoms with Crippen LogP contribution in [-0.2, 0) is 6.42 Å². The summed E-state index contributed by atoms with van der Waals surface area (Å²) in [6.07, 6.45) is 0.901. The maximum Gasteiger partial charge on any atom is 0.165 e. The molecule has 1 aromatic heterocycles. The SMILES string of the molecule is OC[C@@H](O)Cc1cnc(N2CCNCC2)c(F)c1. The van der Waals surface area contributed by atoms with Crippen LogP contribution in [0.25, 0.3) is 0 Å². The van der Waals surface area contributed by atoms with Crippen LogP contribution in [0, 0.1) is 5.82 Å². The van der Waals surface area contributed by atoms with E-state index in [4.69, 9.17) is 5.11 Å². The fraction of sp³-hybridized carbons (Fsp3) is 0.583. The predicted octanol–water partition coefficient (Wildman–Crippen LogP) is -0.474. The Labute approximate surface area is 105 Å². The van der Waals surface area contributed by atoms with E-state index >= 15 is 0 Å². The van der Waals surface area contributed by atoms with Crippen LogP contribution in [0.3, 0.4) is 0 Å². The molecule has 0 unspecified atom stereocenters. The van der Waals surface area contributed by atoms with Gasteiger partial charge < -0.3 is 20.4 Å².